The van der Waals surface area contributed by atoms with Gasteiger partial charge in [-0.25, -0.2) is 0 Å². The van der Waals surface area contributed by atoms with Crippen LogP contribution in [0.25, 0.3) is 0 Å². The first-order chi connectivity index (χ1) is 7.56. The maximum atomic E-state index is 11.5. The Morgan fingerprint density at radius 2 is 2.06 bits per heavy atom. The number of ketones is 2. The highest BCUT2D eigenvalue weighted by Crippen LogP contribution is 2.14. The molecule has 0 radical (unpaired) electrons. The highest BCUT2D eigenvalue weighted by atomic mass is 16.5. The van der Waals surface area contributed by atoms with Crippen LogP contribution in [0.1, 0.15) is 6.42 Å². The van der Waals surface area contributed by atoms with E-state index in [9.17, 15) is 14.7 Å². The number of Topliss-reactive ketones (excluding diaryl/α,β-unsaturated/α-hetero) is 1. The summed E-state index contributed by atoms with van der Waals surface area (Å²) in [5.74, 6) is -1.38. The zero-order valence-electron chi connectivity index (χ0n) is 9.40. The lowest BCUT2D eigenvalue weighted by Gasteiger charge is -2.22. The molecular formula is C11H15NO4. The molecule has 16 heavy (non-hydrogen) atoms. The average molecular weight is 225 g/mol. The molecule has 1 rings (SSSR count). The summed E-state index contributed by atoms with van der Waals surface area (Å²) in [5.41, 5.74) is 0.223. The van der Waals surface area contributed by atoms with Gasteiger partial charge in [-0.05, 0) is 6.42 Å². The predicted molar refractivity (Wildman–Crippen MR) is 57.9 cm³/mol. The monoisotopic (exact) mass is 225 g/mol. The zero-order valence-corrected chi connectivity index (χ0v) is 9.40. The van der Waals surface area contributed by atoms with E-state index in [2.05, 4.69) is 0 Å². The van der Waals surface area contributed by atoms with Crippen molar-refractivity contribution in [3.8, 4) is 0 Å². The van der Waals surface area contributed by atoms with E-state index < -0.39 is 11.5 Å². The number of aliphatic hydroxyl groups is 1. The maximum absolute atomic E-state index is 11.5. The summed E-state index contributed by atoms with van der Waals surface area (Å²) in [4.78, 5) is 24.3. The van der Waals surface area contributed by atoms with Crippen molar-refractivity contribution in [2.75, 3.05) is 27.3 Å². The molecule has 5 heteroatoms. The minimum Gasteiger partial charge on any atom is -0.504 e. The maximum Gasteiger partial charge on any atom is 0.243 e. The molecule has 0 aliphatic heterocycles. The molecule has 0 aromatic rings. The van der Waals surface area contributed by atoms with Crippen molar-refractivity contribution < 1.29 is 19.4 Å². The van der Waals surface area contributed by atoms with E-state index in [-0.39, 0.29) is 11.5 Å². The number of rotatable bonds is 5. The summed E-state index contributed by atoms with van der Waals surface area (Å²) in [6.45, 7) is 1.17. The standard InChI is InChI=1S/C11H15NO4/c1-12(4-3-5-16-2)9-6-8(13)7-10(14)11(9)15/h6-7,14H,3-5H2,1-2H3. The molecule has 1 aliphatic rings. The molecule has 0 fully saturated rings. The van der Waals surface area contributed by atoms with Crippen molar-refractivity contribution in [3.63, 3.8) is 0 Å². The Balaban J connectivity index is 2.65. The minimum atomic E-state index is -0.514. The fraction of sp³-hybridized carbons (Fsp3) is 0.455. The fourth-order valence-electron chi connectivity index (χ4n) is 1.42. The molecule has 88 valence electrons. The van der Waals surface area contributed by atoms with Gasteiger partial charge in [-0.15, -0.1) is 0 Å². The third-order valence-corrected chi connectivity index (χ3v) is 2.28. The van der Waals surface area contributed by atoms with Crippen LogP contribution in [-0.2, 0) is 14.3 Å². The van der Waals surface area contributed by atoms with Gasteiger partial charge >= 0.3 is 0 Å². The van der Waals surface area contributed by atoms with Crippen molar-refractivity contribution in [1.29, 1.82) is 0 Å². The summed E-state index contributed by atoms with van der Waals surface area (Å²) in [5, 5.41) is 9.24. The molecule has 1 aliphatic carbocycles. The van der Waals surface area contributed by atoms with Gasteiger partial charge in [0.2, 0.25) is 5.78 Å². The Bertz CT molecular complexity index is 357. The van der Waals surface area contributed by atoms with Gasteiger partial charge in [0.25, 0.3) is 0 Å². The second-order valence-corrected chi connectivity index (χ2v) is 3.56. The number of aliphatic hydroxyl groups excluding tert-OH is 1. The van der Waals surface area contributed by atoms with Crippen molar-refractivity contribution in [3.05, 3.63) is 23.6 Å². The lowest BCUT2D eigenvalue weighted by Crippen LogP contribution is -2.29. The van der Waals surface area contributed by atoms with E-state index in [1.807, 2.05) is 0 Å². The Kier molecular flexibility index (Phi) is 4.25. The van der Waals surface area contributed by atoms with Gasteiger partial charge in [0, 0.05) is 39.5 Å². The number of carbonyl (C=O) groups is 2. The first-order valence-electron chi connectivity index (χ1n) is 4.97. The first-order valence-corrected chi connectivity index (χ1v) is 4.97. The molecule has 0 atom stereocenters. The Morgan fingerprint density at radius 1 is 1.38 bits per heavy atom. The lowest BCUT2D eigenvalue weighted by atomic mass is 10.1. The van der Waals surface area contributed by atoms with Crippen molar-refractivity contribution in [1.82, 2.24) is 4.90 Å². The van der Waals surface area contributed by atoms with Crippen LogP contribution in [0.4, 0.5) is 0 Å². The summed E-state index contributed by atoms with van der Waals surface area (Å²) >= 11 is 0. The van der Waals surface area contributed by atoms with Crippen LogP contribution < -0.4 is 0 Å². The van der Waals surface area contributed by atoms with Gasteiger partial charge in [0.15, 0.2) is 11.5 Å². The van der Waals surface area contributed by atoms with Crippen molar-refractivity contribution in [2.24, 2.45) is 0 Å². The van der Waals surface area contributed by atoms with Crippen LogP contribution in [0.2, 0.25) is 0 Å². The van der Waals surface area contributed by atoms with Crippen molar-refractivity contribution >= 4 is 11.6 Å². The molecule has 0 aromatic heterocycles. The molecule has 0 spiro atoms. The topological polar surface area (TPSA) is 66.8 Å². The van der Waals surface area contributed by atoms with Gasteiger partial charge in [-0.1, -0.05) is 0 Å². The van der Waals surface area contributed by atoms with Crippen LogP contribution in [0.5, 0.6) is 0 Å². The van der Waals surface area contributed by atoms with Crippen LogP contribution in [-0.4, -0.2) is 48.9 Å². The third kappa shape index (κ3) is 2.93. The summed E-state index contributed by atoms with van der Waals surface area (Å²) < 4.78 is 4.89. The molecule has 0 bridgehead atoms. The van der Waals surface area contributed by atoms with E-state index in [1.54, 1.807) is 19.1 Å². The number of ether oxygens (including phenoxy) is 1. The van der Waals surface area contributed by atoms with Gasteiger partial charge in [-0.2, -0.15) is 0 Å². The van der Waals surface area contributed by atoms with Gasteiger partial charge in [0.1, 0.15) is 0 Å². The molecule has 0 unspecified atom stereocenters. The Labute approximate surface area is 94.0 Å². The van der Waals surface area contributed by atoms with Crippen LogP contribution in [0.15, 0.2) is 23.6 Å². The normalized spacial score (nSPS) is 15.9. The molecule has 0 saturated heterocycles. The molecular weight excluding hydrogens is 210 g/mol. The van der Waals surface area contributed by atoms with Gasteiger partial charge in [-0.3, -0.25) is 9.59 Å². The van der Waals surface area contributed by atoms with E-state index >= 15 is 0 Å². The zero-order chi connectivity index (χ0) is 12.1. The van der Waals surface area contributed by atoms with Gasteiger partial charge < -0.3 is 14.7 Å². The largest absolute Gasteiger partial charge is 0.504 e. The predicted octanol–water partition coefficient (Wildman–Crippen LogP) is 0.432. The van der Waals surface area contributed by atoms with Crippen LogP contribution >= 0.6 is 0 Å². The quantitative estimate of drug-likeness (QED) is 0.543. The average Bonchev–Trinajstić information content (AvgIpc) is 2.23. The smallest absolute Gasteiger partial charge is 0.243 e. The second-order valence-electron chi connectivity index (χ2n) is 3.56. The van der Waals surface area contributed by atoms with E-state index in [0.29, 0.717) is 13.2 Å². The van der Waals surface area contributed by atoms with Gasteiger partial charge in [0.05, 0.1) is 5.70 Å². The fourth-order valence-corrected chi connectivity index (χ4v) is 1.42. The minimum absolute atomic E-state index is 0.223. The summed E-state index contributed by atoms with van der Waals surface area (Å²) in [7, 11) is 3.30. The number of methoxy groups -OCH3 is 1. The Hall–Kier alpha value is -1.62. The second kappa shape index (κ2) is 5.46. The third-order valence-electron chi connectivity index (χ3n) is 2.28. The van der Waals surface area contributed by atoms with Crippen LogP contribution in [0.3, 0.4) is 0 Å². The number of allylic oxidation sites excluding steroid dienone is 2. The summed E-state index contributed by atoms with van der Waals surface area (Å²) in [6.07, 6.45) is 2.90. The number of hydrogen-bond acceptors (Lipinski definition) is 5. The van der Waals surface area contributed by atoms with Crippen molar-refractivity contribution in [2.45, 2.75) is 6.42 Å². The van der Waals surface area contributed by atoms with E-state index in [1.165, 1.54) is 6.08 Å². The molecule has 0 heterocycles. The molecule has 5 nitrogen and oxygen atoms in total. The van der Waals surface area contributed by atoms with E-state index in [4.69, 9.17) is 4.74 Å². The number of hydrogen-bond donors (Lipinski definition) is 1. The first kappa shape index (κ1) is 12.4. The highest BCUT2D eigenvalue weighted by Gasteiger charge is 2.23. The SMILES string of the molecule is COCCCN(C)C1=CC(=O)C=C(O)C1=O. The number of nitrogens with zero attached hydrogens (tertiary/aromatic N) is 1. The molecule has 0 amide bonds. The number of likely N-dealkylation sites (N-methyl/N-ethyl adjacent to an activating group) is 1. The van der Waals surface area contributed by atoms with Crippen LogP contribution in [0, 0.1) is 0 Å². The molecule has 1 N–H and O–H groups in total. The van der Waals surface area contributed by atoms with E-state index in [0.717, 1.165) is 12.5 Å². The lowest BCUT2D eigenvalue weighted by molar-refractivity contribution is -0.118. The Morgan fingerprint density at radius 3 is 2.69 bits per heavy atom. The molecule has 0 aromatic carbocycles. The highest BCUT2D eigenvalue weighted by molar-refractivity contribution is 6.18. The summed E-state index contributed by atoms with van der Waals surface area (Å²) in [6, 6.07) is 0. The molecule has 0 saturated carbocycles. The number of carbonyl (C=O) groups excluding carboxylic acids is 2.